The van der Waals surface area contributed by atoms with Crippen LogP contribution in [0.1, 0.15) is 22.9 Å². The van der Waals surface area contributed by atoms with Crippen LogP contribution in [0.3, 0.4) is 0 Å². The van der Waals surface area contributed by atoms with Crippen LogP contribution in [-0.4, -0.2) is 16.6 Å². The standard InChI is InChI=1S/C51H39N5/c52-50(38-20-7-2-8-21-38)55-51(39-22-9-3-10-23-39)53-35-36-17-15-24-40(31-36)41-25-16-26-42(32-41)54-47-34-49-46(33-45(47)37-18-5-1-6-19-37)44-29-13-14-30-48(44)56(49)43-27-11-4-12-28-43/h1-35,51,54H,(H2,52,55)/b53-35+. The Labute approximate surface area is 326 Å². The highest BCUT2D eigenvalue weighted by Crippen LogP contribution is 2.40. The van der Waals surface area contributed by atoms with Crippen molar-refractivity contribution < 1.29 is 0 Å². The number of aliphatic imine (C=N–C) groups is 2. The number of fused-ring (bicyclic) bond motifs is 3. The van der Waals surface area contributed by atoms with E-state index in [1.165, 1.54) is 16.3 Å². The molecule has 0 fully saturated rings. The summed E-state index contributed by atoms with van der Waals surface area (Å²) in [4.78, 5) is 9.77. The lowest BCUT2D eigenvalue weighted by molar-refractivity contribution is 0.781. The van der Waals surface area contributed by atoms with E-state index >= 15 is 0 Å². The molecule has 1 unspecified atom stereocenters. The molecule has 0 aliphatic rings. The Morgan fingerprint density at radius 2 is 1.16 bits per heavy atom. The molecular formula is C51H39N5. The third-order valence-corrected chi connectivity index (χ3v) is 10.1. The second-order valence-corrected chi connectivity index (χ2v) is 13.7. The third kappa shape index (κ3) is 7.09. The van der Waals surface area contributed by atoms with Crippen LogP contribution in [0.15, 0.2) is 216 Å². The molecule has 9 aromatic rings. The molecule has 0 aliphatic carbocycles. The smallest absolute Gasteiger partial charge is 0.167 e. The molecular weight excluding hydrogens is 683 g/mol. The summed E-state index contributed by atoms with van der Waals surface area (Å²) in [5.74, 6) is 0.450. The van der Waals surface area contributed by atoms with Crippen molar-refractivity contribution >= 4 is 45.2 Å². The van der Waals surface area contributed by atoms with Gasteiger partial charge in [0.25, 0.3) is 0 Å². The van der Waals surface area contributed by atoms with Crippen LogP contribution in [0.5, 0.6) is 0 Å². The maximum atomic E-state index is 6.46. The predicted molar refractivity (Wildman–Crippen MR) is 235 cm³/mol. The van der Waals surface area contributed by atoms with E-state index in [4.69, 9.17) is 15.7 Å². The highest BCUT2D eigenvalue weighted by molar-refractivity contribution is 6.12. The summed E-state index contributed by atoms with van der Waals surface area (Å²) in [5.41, 5.74) is 19.2. The molecule has 268 valence electrons. The van der Waals surface area contributed by atoms with Crippen LogP contribution in [0, 0.1) is 0 Å². The molecule has 0 saturated heterocycles. The Hall–Kier alpha value is -7.50. The fourth-order valence-corrected chi connectivity index (χ4v) is 7.35. The Kier molecular flexibility index (Phi) is 9.47. The summed E-state index contributed by atoms with van der Waals surface area (Å²) in [5, 5.41) is 6.27. The Morgan fingerprint density at radius 1 is 0.536 bits per heavy atom. The lowest BCUT2D eigenvalue weighted by Gasteiger charge is -2.16. The number of rotatable bonds is 10. The number of nitrogens with one attached hydrogen (secondary N) is 1. The zero-order valence-electron chi connectivity index (χ0n) is 30.7. The van der Waals surface area contributed by atoms with Crippen LogP contribution < -0.4 is 11.1 Å². The molecule has 0 spiro atoms. The van der Waals surface area contributed by atoms with Gasteiger partial charge < -0.3 is 15.6 Å². The highest BCUT2D eigenvalue weighted by Gasteiger charge is 2.17. The van der Waals surface area contributed by atoms with Gasteiger partial charge in [-0.3, -0.25) is 4.99 Å². The van der Waals surface area contributed by atoms with Crippen molar-refractivity contribution in [3.05, 3.63) is 223 Å². The average molecular weight is 722 g/mol. The van der Waals surface area contributed by atoms with Crippen LogP contribution >= 0.6 is 0 Å². The molecule has 9 rings (SSSR count). The Morgan fingerprint density at radius 3 is 1.93 bits per heavy atom. The largest absolute Gasteiger partial charge is 0.383 e. The molecule has 1 heterocycles. The number of benzene rings is 8. The average Bonchev–Trinajstić information content (AvgIpc) is 3.59. The van der Waals surface area contributed by atoms with E-state index in [1.807, 2.05) is 66.9 Å². The lowest BCUT2D eigenvalue weighted by Crippen LogP contribution is -2.14. The maximum Gasteiger partial charge on any atom is 0.167 e. The van der Waals surface area contributed by atoms with Gasteiger partial charge in [0.05, 0.1) is 11.0 Å². The van der Waals surface area contributed by atoms with Gasteiger partial charge in [0.1, 0.15) is 5.84 Å². The maximum absolute atomic E-state index is 6.46. The first kappa shape index (κ1) is 34.3. The zero-order chi connectivity index (χ0) is 37.7. The molecule has 5 nitrogen and oxygen atoms in total. The van der Waals surface area contributed by atoms with Crippen LogP contribution in [0.4, 0.5) is 11.4 Å². The second kappa shape index (κ2) is 15.5. The molecule has 5 heteroatoms. The SMILES string of the molecule is N/C(=N\C(/N=C/c1cccc(-c2cccc(Nc3cc4c(cc3-c3ccccc3)c3ccccc3n4-c3ccccc3)c2)c1)c1ccccc1)c1ccccc1. The number of aromatic nitrogens is 1. The first-order valence-corrected chi connectivity index (χ1v) is 18.8. The summed E-state index contributed by atoms with van der Waals surface area (Å²) >= 11 is 0. The van der Waals surface area contributed by atoms with E-state index in [-0.39, 0.29) is 0 Å². The van der Waals surface area contributed by atoms with Crippen molar-refractivity contribution in [2.24, 2.45) is 15.7 Å². The molecule has 0 saturated carbocycles. The lowest BCUT2D eigenvalue weighted by atomic mass is 9.99. The first-order chi connectivity index (χ1) is 27.7. The number of hydrogen-bond acceptors (Lipinski definition) is 3. The van der Waals surface area contributed by atoms with Gasteiger partial charge in [-0.2, -0.15) is 0 Å². The van der Waals surface area contributed by atoms with Gasteiger partial charge in [-0.1, -0.05) is 158 Å². The van der Waals surface area contributed by atoms with Crippen molar-refractivity contribution in [1.29, 1.82) is 0 Å². The van der Waals surface area contributed by atoms with Crippen LogP contribution in [0.25, 0.3) is 49.7 Å². The zero-order valence-corrected chi connectivity index (χ0v) is 30.7. The highest BCUT2D eigenvalue weighted by atomic mass is 15.0. The fourth-order valence-electron chi connectivity index (χ4n) is 7.35. The molecule has 8 aromatic carbocycles. The summed E-state index contributed by atoms with van der Waals surface area (Å²) in [6, 6.07) is 71.4. The number of hydrogen-bond donors (Lipinski definition) is 2. The number of nitrogens with two attached hydrogens (primary N) is 1. The number of para-hydroxylation sites is 2. The second-order valence-electron chi connectivity index (χ2n) is 13.7. The topological polar surface area (TPSA) is 67.7 Å². The summed E-state index contributed by atoms with van der Waals surface area (Å²) < 4.78 is 2.36. The molecule has 1 aromatic heterocycles. The molecule has 1 atom stereocenters. The van der Waals surface area contributed by atoms with Crippen molar-refractivity contribution in [3.63, 3.8) is 0 Å². The Balaban J connectivity index is 1.07. The predicted octanol–water partition coefficient (Wildman–Crippen LogP) is 12.4. The first-order valence-electron chi connectivity index (χ1n) is 18.8. The van der Waals surface area contributed by atoms with Gasteiger partial charge in [0, 0.05) is 45.2 Å². The summed E-state index contributed by atoms with van der Waals surface area (Å²) in [7, 11) is 0. The quantitative estimate of drug-likeness (QED) is 0.109. The Bertz CT molecular complexity index is 2820. The van der Waals surface area contributed by atoms with Gasteiger partial charge in [-0.15, -0.1) is 0 Å². The molecule has 56 heavy (non-hydrogen) atoms. The fraction of sp³-hybridized carbons (Fsp3) is 0.0196. The van der Waals surface area contributed by atoms with Crippen molar-refractivity contribution in [2.45, 2.75) is 6.17 Å². The number of amidine groups is 1. The van der Waals surface area contributed by atoms with Gasteiger partial charge >= 0.3 is 0 Å². The van der Waals surface area contributed by atoms with Gasteiger partial charge in [0.2, 0.25) is 0 Å². The molecule has 0 radical (unpaired) electrons. The molecule has 3 N–H and O–H groups in total. The van der Waals surface area contributed by atoms with E-state index in [9.17, 15) is 0 Å². The minimum Gasteiger partial charge on any atom is -0.383 e. The minimum absolute atomic E-state index is 0.450. The van der Waals surface area contributed by atoms with Crippen LogP contribution in [0.2, 0.25) is 0 Å². The minimum atomic E-state index is -0.482. The molecule has 0 aliphatic heterocycles. The normalized spacial score (nSPS) is 12.3. The molecule has 0 bridgehead atoms. The van der Waals surface area contributed by atoms with Crippen molar-refractivity contribution in [1.82, 2.24) is 4.57 Å². The van der Waals surface area contributed by atoms with E-state index in [0.29, 0.717) is 5.84 Å². The van der Waals surface area contributed by atoms with E-state index in [1.54, 1.807) is 0 Å². The van der Waals surface area contributed by atoms with E-state index < -0.39 is 6.17 Å². The van der Waals surface area contributed by atoms with Gasteiger partial charge in [-0.25, -0.2) is 4.99 Å². The van der Waals surface area contributed by atoms with Crippen molar-refractivity contribution in [3.8, 4) is 27.9 Å². The monoisotopic (exact) mass is 721 g/mol. The van der Waals surface area contributed by atoms with Gasteiger partial charge in [-0.05, 0) is 76.3 Å². The third-order valence-electron chi connectivity index (χ3n) is 10.1. The van der Waals surface area contributed by atoms with E-state index in [2.05, 4.69) is 155 Å². The van der Waals surface area contributed by atoms with Crippen molar-refractivity contribution in [2.75, 3.05) is 5.32 Å². The summed E-state index contributed by atoms with van der Waals surface area (Å²) in [6.45, 7) is 0. The summed E-state index contributed by atoms with van der Waals surface area (Å²) in [6.07, 6.45) is 1.41. The van der Waals surface area contributed by atoms with Crippen LogP contribution in [-0.2, 0) is 0 Å². The number of anilines is 2. The number of nitrogens with zero attached hydrogens (tertiary/aromatic N) is 3. The van der Waals surface area contributed by atoms with E-state index in [0.717, 1.165) is 61.5 Å². The van der Waals surface area contributed by atoms with Gasteiger partial charge in [0.15, 0.2) is 6.17 Å². The molecule has 0 amide bonds.